The van der Waals surface area contributed by atoms with Gasteiger partial charge in [0.2, 0.25) is 5.91 Å². The number of benzene rings is 2. The van der Waals surface area contributed by atoms with Crippen LogP contribution >= 0.6 is 11.6 Å². The largest absolute Gasteiger partial charge is 0.454 e. The Morgan fingerprint density at radius 2 is 1.81 bits per heavy atom. The van der Waals surface area contributed by atoms with E-state index in [1.807, 2.05) is 42.5 Å². The van der Waals surface area contributed by atoms with Gasteiger partial charge in [-0.25, -0.2) is 9.79 Å². The molecule has 0 bridgehead atoms. The predicted octanol–water partition coefficient (Wildman–Crippen LogP) is 2.69. The topological polar surface area (TPSA) is 77.5 Å². The summed E-state index contributed by atoms with van der Waals surface area (Å²) in [6, 6.07) is 13.0. The van der Waals surface area contributed by atoms with Crippen molar-refractivity contribution in [2.75, 3.05) is 45.8 Å². The van der Waals surface area contributed by atoms with E-state index in [0.29, 0.717) is 23.9 Å². The summed E-state index contributed by atoms with van der Waals surface area (Å²) in [6.45, 7) is 4.32. The van der Waals surface area contributed by atoms with E-state index in [2.05, 4.69) is 15.1 Å². The molecule has 8 nitrogen and oxygen atoms in total. The number of ether oxygens (including phenoxy) is 1. The molecule has 2 aromatic carbocycles. The fourth-order valence-corrected chi connectivity index (χ4v) is 4.21. The maximum atomic E-state index is 11.8. The molecule has 2 fully saturated rings. The number of fused-ring (bicyclic) bond motifs is 2. The van der Waals surface area contributed by atoms with Crippen molar-refractivity contribution >= 4 is 35.1 Å². The van der Waals surface area contributed by atoms with Crippen LogP contribution < -0.4 is 10.1 Å². The Labute approximate surface area is 185 Å². The summed E-state index contributed by atoms with van der Waals surface area (Å²) in [5, 5.41) is 3.19. The minimum absolute atomic E-state index is 0.0952. The molecule has 0 saturated carbocycles. The van der Waals surface area contributed by atoms with Crippen LogP contribution in [-0.2, 0) is 4.79 Å². The van der Waals surface area contributed by atoms with Gasteiger partial charge in [-0.3, -0.25) is 14.6 Å². The summed E-state index contributed by atoms with van der Waals surface area (Å²) < 4.78 is 6.13. The van der Waals surface area contributed by atoms with E-state index in [1.54, 1.807) is 0 Å². The number of imide groups is 1. The number of carbonyl (C=O) groups is 2. The predicted molar refractivity (Wildman–Crippen MR) is 117 cm³/mol. The molecule has 3 amide bonds. The second-order valence-electron chi connectivity index (χ2n) is 7.68. The molecule has 0 unspecified atom stereocenters. The molecule has 0 aromatic heterocycles. The summed E-state index contributed by atoms with van der Waals surface area (Å²) >= 11 is 6.29. The highest BCUT2D eigenvalue weighted by atomic mass is 35.5. The SMILES string of the molecule is O=C1CNC(=O)N1CCN1CCN(C2=Nc3ccccc3Oc3ccc(Cl)cc32)CC1. The second kappa shape index (κ2) is 8.20. The van der Waals surface area contributed by atoms with Crippen LogP contribution in [0.15, 0.2) is 47.5 Å². The molecule has 0 atom stereocenters. The number of amides is 3. The number of nitrogens with one attached hydrogen (secondary N) is 1. The maximum absolute atomic E-state index is 11.8. The normalized spacial score (nSPS) is 18.7. The zero-order chi connectivity index (χ0) is 21.4. The molecule has 0 aliphatic carbocycles. The van der Waals surface area contributed by atoms with Gasteiger partial charge < -0.3 is 15.0 Å². The lowest BCUT2D eigenvalue weighted by Gasteiger charge is -2.37. The molecule has 160 valence electrons. The zero-order valence-corrected chi connectivity index (χ0v) is 17.6. The average Bonchev–Trinajstić information content (AvgIpc) is 3.01. The summed E-state index contributed by atoms with van der Waals surface area (Å²) in [5.41, 5.74) is 1.65. The summed E-state index contributed by atoms with van der Waals surface area (Å²) in [5.74, 6) is 2.13. The number of halogens is 1. The lowest BCUT2D eigenvalue weighted by Crippen LogP contribution is -2.50. The summed E-state index contributed by atoms with van der Waals surface area (Å²) in [6.07, 6.45) is 0. The highest BCUT2D eigenvalue weighted by molar-refractivity contribution is 6.31. The lowest BCUT2D eigenvalue weighted by molar-refractivity contribution is -0.125. The van der Waals surface area contributed by atoms with Crippen molar-refractivity contribution in [3.63, 3.8) is 0 Å². The Hall–Kier alpha value is -3.10. The molecule has 2 aromatic rings. The van der Waals surface area contributed by atoms with Gasteiger partial charge in [0.1, 0.15) is 17.3 Å². The van der Waals surface area contributed by atoms with E-state index in [9.17, 15) is 9.59 Å². The van der Waals surface area contributed by atoms with E-state index in [4.69, 9.17) is 21.3 Å². The molecule has 31 heavy (non-hydrogen) atoms. The third kappa shape index (κ3) is 3.96. The number of carbonyl (C=O) groups excluding carboxylic acids is 2. The molecule has 5 rings (SSSR count). The molecule has 3 heterocycles. The number of hydrogen-bond acceptors (Lipinski definition) is 6. The number of piperazine rings is 1. The first-order valence-corrected chi connectivity index (χ1v) is 10.7. The first-order valence-electron chi connectivity index (χ1n) is 10.3. The van der Waals surface area contributed by atoms with Crippen molar-refractivity contribution < 1.29 is 14.3 Å². The molecule has 1 N–H and O–H groups in total. The fraction of sp³-hybridized carbons (Fsp3) is 0.318. The third-order valence-corrected chi connectivity index (χ3v) is 5.98. The molecule has 0 radical (unpaired) electrons. The van der Waals surface area contributed by atoms with E-state index < -0.39 is 0 Å². The van der Waals surface area contributed by atoms with Gasteiger partial charge in [-0.2, -0.15) is 0 Å². The molecule has 3 aliphatic rings. The van der Waals surface area contributed by atoms with Crippen LogP contribution in [-0.4, -0.2) is 78.3 Å². The zero-order valence-electron chi connectivity index (χ0n) is 16.9. The Morgan fingerprint density at radius 1 is 1.00 bits per heavy atom. The highest BCUT2D eigenvalue weighted by Gasteiger charge is 2.30. The molecular weight excluding hydrogens is 418 g/mol. The van der Waals surface area contributed by atoms with Crippen molar-refractivity contribution in [1.82, 2.24) is 20.0 Å². The van der Waals surface area contributed by atoms with Crippen LogP contribution in [0.25, 0.3) is 0 Å². The molecule has 0 spiro atoms. The molecule has 3 aliphatic heterocycles. The minimum atomic E-state index is -0.302. The Morgan fingerprint density at radius 3 is 2.58 bits per heavy atom. The number of para-hydroxylation sites is 2. The number of nitrogens with zero attached hydrogens (tertiary/aromatic N) is 4. The van der Waals surface area contributed by atoms with Gasteiger partial charge in [0.05, 0.1) is 12.1 Å². The molecule has 2 saturated heterocycles. The minimum Gasteiger partial charge on any atom is -0.454 e. The fourth-order valence-electron chi connectivity index (χ4n) is 4.04. The van der Waals surface area contributed by atoms with E-state index in [0.717, 1.165) is 49.0 Å². The number of hydrogen-bond donors (Lipinski definition) is 1. The lowest BCUT2D eigenvalue weighted by atomic mass is 10.1. The van der Waals surface area contributed by atoms with Gasteiger partial charge in [0, 0.05) is 44.3 Å². The van der Waals surface area contributed by atoms with Crippen LogP contribution in [0.2, 0.25) is 5.02 Å². The number of urea groups is 1. The van der Waals surface area contributed by atoms with Gasteiger partial charge in [-0.1, -0.05) is 23.7 Å². The van der Waals surface area contributed by atoms with Crippen molar-refractivity contribution in [2.24, 2.45) is 4.99 Å². The first-order chi connectivity index (χ1) is 15.1. The van der Waals surface area contributed by atoms with Gasteiger partial charge >= 0.3 is 6.03 Å². The molecule has 9 heteroatoms. The van der Waals surface area contributed by atoms with E-state index in [1.165, 1.54) is 4.90 Å². The average molecular weight is 440 g/mol. The molecular formula is C22H22ClN5O3. The van der Waals surface area contributed by atoms with Crippen molar-refractivity contribution in [2.45, 2.75) is 0 Å². The van der Waals surface area contributed by atoms with Gasteiger partial charge in [0.25, 0.3) is 0 Å². The standard InChI is InChI=1S/C22H22ClN5O3/c23-15-5-6-18-16(13-15)21(25-17-3-1-2-4-19(17)31-18)27-10-7-26(8-11-27)9-12-28-20(29)14-24-22(28)30/h1-6,13H,7-12,14H2,(H,24,30). The smallest absolute Gasteiger partial charge is 0.324 e. The van der Waals surface area contributed by atoms with E-state index in [-0.39, 0.29) is 18.5 Å². The van der Waals surface area contributed by atoms with Crippen molar-refractivity contribution in [1.29, 1.82) is 0 Å². The number of amidine groups is 1. The van der Waals surface area contributed by atoms with Crippen LogP contribution in [0, 0.1) is 0 Å². The Balaban J connectivity index is 1.32. The van der Waals surface area contributed by atoms with E-state index >= 15 is 0 Å². The van der Waals surface area contributed by atoms with Crippen LogP contribution in [0.1, 0.15) is 5.56 Å². The Kier molecular flexibility index (Phi) is 5.25. The maximum Gasteiger partial charge on any atom is 0.324 e. The van der Waals surface area contributed by atoms with Crippen LogP contribution in [0.5, 0.6) is 11.5 Å². The third-order valence-electron chi connectivity index (χ3n) is 5.74. The highest BCUT2D eigenvalue weighted by Crippen LogP contribution is 2.38. The second-order valence-corrected chi connectivity index (χ2v) is 8.11. The van der Waals surface area contributed by atoms with Gasteiger partial charge in [-0.05, 0) is 30.3 Å². The van der Waals surface area contributed by atoms with Crippen molar-refractivity contribution in [3.05, 3.63) is 53.1 Å². The monoisotopic (exact) mass is 439 g/mol. The number of rotatable bonds is 3. The van der Waals surface area contributed by atoms with Crippen LogP contribution in [0.3, 0.4) is 0 Å². The van der Waals surface area contributed by atoms with Gasteiger partial charge in [0.15, 0.2) is 5.75 Å². The first kappa shape index (κ1) is 19.8. The van der Waals surface area contributed by atoms with Gasteiger partial charge in [-0.15, -0.1) is 0 Å². The van der Waals surface area contributed by atoms with Crippen molar-refractivity contribution in [3.8, 4) is 11.5 Å². The summed E-state index contributed by atoms with van der Waals surface area (Å²) in [7, 11) is 0. The van der Waals surface area contributed by atoms with Crippen LogP contribution in [0.4, 0.5) is 10.5 Å². The quantitative estimate of drug-likeness (QED) is 0.744. The number of aliphatic imine (C=N–C) groups is 1. The summed E-state index contributed by atoms with van der Waals surface area (Å²) in [4.78, 5) is 34.2. The Bertz CT molecular complexity index is 1050.